The second kappa shape index (κ2) is 3.24. The normalized spacial score (nSPS) is 17.0. The lowest BCUT2D eigenvalue weighted by molar-refractivity contribution is 0.0787. The van der Waals surface area contributed by atoms with Crippen molar-refractivity contribution in [3.05, 3.63) is 30.6 Å². The number of nitrogens with zero attached hydrogens (tertiary/aromatic N) is 3. The number of anilines is 1. The molecule has 0 atom stereocenters. The van der Waals surface area contributed by atoms with E-state index in [1.54, 1.807) is 7.11 Å². The molecule has 0 N–H and O–H groups in total. The molecule has 2 aromatic rings. The van der Waals surface area contributed by atoms with Crippen LogP contribution in [0.1, 0.15) is 0 Å². The molecule has 0 amide bonds. The van der Waals surface area contributed by atoms with Gasteiger partial charge in [0.1, 0.15) is 0 Å². The summed E-state index contributed by atoms with van der Waals surface area (Å²) < 4.78 is 7.14. The van der Waals surface area contributed by atoms with Gasteiger partial charge in [-0.05, 0) is 18.2 Å². The molecule has 78 valence electrons. The zero-order chi connectivity index (χ0) is 10.3. The highest BCUT2D eigenvalue weighted by Crippen LogP contribution is 2.22. The van der Waals surface area contributed by atoms with Gasteiger partial charge < -0.3 is 9.64 Å². The molecule has 1 aliphatic rings. The molecule has 3 heterocycles. The summed E-state index contributed by atoms with van der Waals surface area (Å²) >= 11 is 0. The number of hydrogen-bond donors (Lipinski definition) is 0. The number of rotatable bonds is 2. The van der Waals surface area contributed by atoms with Crippen LogP contribution < -0.4 is 4.90 Å². The monoisotopic (exact) mass is 203 g/mol. The van der Waals surface area contributed by atoms with E-state index in [1.807, 2.05) is 16.8 Å². The van der Waals surface area contributed by atoms with Gasteiger partial charge in [-0.25, -0.2) is 4.52 Å². The minimum Gasteiger partial charge on any atom is -0.378 e. The Kier molecular flexibility index (Phi) is 1.89. The fraction of sp³-hybridized carbons (Fsp3) is 0.364. The van der Waals surface area contributed by atoms with E-state index in [0.29, 0.717) is 6.10 Å². The Bertz CT molecular complexity index is 473. The van der Waals surface area contributed by atoms with Gasteiger partial charge >= 0.3 is 0 Å². The van der Waals surface area contributed by atoms with Crippen LogP contribution in [0.15, 0.2) is 30.6 Å². The first-order valence-corrected chi connectivity index (χ1v) is 5.08. The van der Waals surface area contributed by atoms with E-state index in [2.05, 4.69) is 28.3 Å². The number of methoxy groups -OCH3 is 1. The van der Waals surface area contributed by atoms with Crippen molar-refractivity contribution < 1.29 is 4.74 Å². The Morgan fingerprint density at radius 3 is 3.00 bits per heavy atom. The third-order valence-corrected chi connectivity index (χ3v) is 2.93. The minimum atomic E-state index is 0.387. The predicted octanol–water partition coefficient (Wildman–Crippen LogP) is 1.17. The number of pyridine rings is 1. The molecular formula is C11H13N3O. The molecule has 3 rings (SSSR count). The second-order valence-electron chi connectivity index (χ2n) is 3.85. The molecule has 0 spiro atoms. The van der Waals surface area contributed by atoms with Gasteiger partial charge in [-0.15, -0.1) is 0 Å². The highest BCUT2D eigenvalue weighted by molar-refractivity contribution is 5.55. The Balaban J connectivity index is 1.86. The molecule has 0 aliphatic carbocycles. The molecule has 0 bridgehead atoms. The van der Waals surface area contributed by atoms with Crippen molar-refractivity contribution >= 4 is 11.2 Å². The standard InChI is InChI=1S/C11H13N3O/c1-15-11-7-13(8-11)10-3-2-9-4-5-12-14(9)6-10/h2-6,11H,7-8H2,1H3. The number of aromatic nitrogens is 2. The number of ether oxygens (including phenoxy) is 1. The van der Waals surface area contributed by atoms with E-state index in [9.17, 15) is 0 Å². The fourth-order valence-corrected chi connectivity index (χ4v) is 1.89. The molecule has 0 unspecified atom stereocenters. The summed E-state index contributed by atoms with van der Waals surface area (Å²) in [7, 11) is 1.76. The van der Waals surface area contributed by atoms with E-state index in [0.717, 1.165) is 18.6 Å². The van der Waals surface area contributed by atoms with Crippen LogP contribution >= 0.6 is 0 Å². The third-order valence-electron chi connectivity index (χ3n) is 2.93. The first-order valence-electron chi connectivity index (χ1n) is 5.08. The molecule has 0 radical (unpaired) electrons. The second-order valence-corrected chi connectivity index (χ2v) is 3.85. The van der Waals surface area contributed by atoms with Crippen molar-refractivity contribution in [1.82, 2.24) is 9.61 Å². The lowest BCUT2D eigenvalue weighted by atomic mass is 10.1. The molecule has 1 aliphatic heterocycles. The van der Waals surface area contributed by atoms with Gasteiger partial charge in [-0.3, -0.25) is 0 Å². The molecule has 4 heteroatoms. The zero-order valence-electron chi connectivity index (χ0n) is 8.63. The van der Waals surface area contributed by atoms with Gasteiger partial charge in [0.25, 0.3) is 0 Å². The predicted molar refractivity (Wildman–Crippen MR) is 58.2 cm³/mol. The van der Waals surface area contributed by atoms with E-state index in [4.69, 9.17) is 4.74 Å². The summed E-state index contributed by atoms with van der Waals surface area (Å²) in [6.07, 6.45) is 4.26. The Morgan fingerprint density at radius 2 is 2.20 bits per heavy atom. The lowest BCUT2D eigenvalue weighted by Crippen LogP contribution is -2.51. The van der Waals surface area contributed by atoms with Crippen molar-refractivity contribution in [2.75, 3.05) is 25.1 Å². The van der Waals surface area contributed by atoms with E-state index in [1.165, 1.54) is 5.69 Å². The molecule has 2 aromatic heterocycles. The average molecular weight is 203 g/mol. The van der Waals surface area contributed by atoms with Crippen LogP contribution in [0, 0.1) is 0 Å². The van der Waals surface area contributed by atoms with E-state index >= 15 is 0 Å². The van der Waals surface area contributed by atoms with Crippen LogP contribution in [0.25, 0.3) is 5.52 Å². The van der Waals surface area contributed by atoms with Crippen LogP contribution in [0.5, 0.6) is 0 Å². The van der Waals surface area contributed by atoms with Crippen molar-refractivity contribution in [3.63, 3.8) is 0 Å². The van der Waals surface area contributed by atoms with E-state index in [-0.39, 0.29) is 0 Å². The molecule has 15 heavy (non-hydrogen) atoms. The quantitative estimate of drug-likeness (QED) is 0.733. The molecule has 4 nitrogen and oxygen atoms in total. The average Bonchev–Trinajstić information content (AvgIpc) is 2.63. The zero-order valence-corrected chi connectivity index (χ0v) is 8.63. The van der Waals surface area contributed by atoms with Crippen LogP contribution in [0.3, 0.4) is 0 Å². The van der Waals surface area contributed by atoms with Gasteiger partial charge in [0.15, 0.2) is 0 Å². The first-order chi connectivity index (χ1) is 7.36. The maximum Gasteiger partial charge on any atom is 0.0920 e. The number of hydrogen-bond acceptors (Lipinski definition) is 3. The Morgan fingerprint density at radius 1 is 1.33 bits per heavy atom. The molecule has 0 aromatic carbocycles. The summed E-state index contributed by atoms with van der Waals surface area (Å²) in [5.74, 6) is 0. The molecule has 1 saturated heterocycles. The Hall–Kier alpha value is -1.55. The van der Waals surface area contributed by atoms with Crippen molar-refractivity contribution in [1.29, 1.82) is 0 Å². The van der Waals surface area contributed by atoms with Crippen molar-refractivity contribution in [3.8, 4) is 0 Å². The Labute approximate surface area is 88.1 Å². The van der Waals surface area contributed by atoms with Crippen LogP contribution in [-0.2, 0) is 4.74 Å². The largest absolute Gasteiger partial charge is 0.378 e. The summed E-state index contributed by atoms with van der Waals surface area (Å²) in [6.45, 7) is 1.95. The summed E-state index contributed by atoms with van der Waals surface area (Å²) in [4.78, 5) is 2.29. The van der Waals surface area contributed by atoms with Crippen molar-refractivity contribution in [2.45, 2.75) is 6.10 Å². The number of fused-ring (bicyclic) bond motifs is 1. The molecule has 0 saturated carbocycles. The fourth-order valence-electron chi connectivity index (χ4n) is 1.89. The lowest BCUT2D eigenvalue weighted by Gasteiger charge is -2.39. The molecule has 1 fully saturated rings. The third kappa shape index (κ3) is 1.37. The van der Waals surface area contributed by atoms with Crippen molar-refractivity contribution in [2.24, 2.45) is 0 Å². The smallest absolute Gasteiger partial charge is 0.0920 e. The molecular weight excluding hydrogens is 190 g/mol. The minimum absolute atomic E-state index is 0.387. The highest BCUT2D eigenvalue weighted by Gasteiger charge is 2.26. The summed E-state index contributed by atoms with van der Waals surface area (Å²) in [5, 5.41) is 4.22. The van der Waals surface area contributed by atoms with Gasteiger partial charge in [-0.1, -0.05) is 0 Å². The SMILES string of the molecule is COC1CN(c2ccc3ccnn3c2)C1. The van der Waals surface area contributed by atoms with Crippen LogP contribution in [0.4, 0.5) is 5.69 Å². The van der Waals surface area contributed by atoms with Crippen LogP contribution in [0.2, 0.25) is 0 Å². The van der Waals surface area contributed by atoms with Gasteiger partial charge in [-0.2, -0.15) is 5.10 Å². The highest BCUT2D eigenvalue weighted by atomic mass is 16.5. The van der Waals surface area contributed by atoms with Gasteiger partial charge in [0, 0.05) is 26.4 Å². The maximum absolute atomic E-state index is 5.25. The topological polar surface area (TPSA) is 29.8 Å². The summed E-state index contributed by atoms with van der Waals surface area (Å²) in [5.41, 5.74) is 2.34. The van der Waals surface area contributed by atoms with E-state index < -0.39 is 0 Å². The maximum atomic E-state index is 5.25. The first kappa shape index (κ1) is 8.73. The van der Waals surface area contributed by atoms with Gasteiger partial charge in [0.05, 0.1) is 23.5 Å². The summed E-state index contributed by atoms with van der Waals surface area (Å²) in [6, 6.07) is 6.21. The van der Waals surface area contributed by atoms with Crippen LogP contribution in [-0.4, -0.2) is 35.9 Å². The van der Waals surface area contributed by atoms with Gasteiger partial charge in [0.2, 0.25) is 0 Å².